The van der Waals surface area contributed by atoms with Gasteiger partial charge in [0.2, 0.25) is 0 Å². The molecule has 2 nitrogen and oxygen atoms in total. The zero-order valence-corrected chi connectivity index (χ0v) is 11.1. The Morgan fingerprint density at radius 1 is 1.41 bits per heavy atom. The van der Waals surface area contributed by atoms with Crippen molar-refractivity contribution in [2.24, 2.45) is 5.73 Å². The van der Waals surface area contributed by atoms with Crippen LogP contribution in [-0.2, 0) is 6.42 Å². The molecular weight excluding hydrogens is 308 g/mol. The molecule has 0 bridgehead atoms. The highest BCUT2D eigenvalue weighted by Gasteiger charge is 2.14. The van der Waals surface area contributed by atoms with Crippen LogP contribution in [0.25, 0.3) is 0 Å². The first-order chi connectivity index (χ1) is 8.08. The fourth-order valence-electron chi connectivity index (χ4n) is 1.62. The van der Waals surface area contributed by atoms with Gasteiger partial charge in [0, 0.05) is 16.6 Å². The highest BCUT2D eigenvalue weighted by atomic mass is 79.9. The third-order valence-corrected chi connectivity index (χ3v) is 3.51. The summed E-state index contributed by atoms with van der Waals surface area (Å²) in [5.41, 5.74) is 7.55. The molecule has 2 rings (SSSR count). The Morgan fingerprint density at radius 3 is 2.82 bits per heavy atom. The lowest BCUT2D eigenvalue weighted by molar-refractivity contribution is 0.530. The fourth-order valence-corrected chi connectivity index (χ4v) is 2.35. The normalized spacial score (nSPS) is 12.7. The summed E-state index contributed by atoms with van der Waals surface area (Å²) >= 11 is 9.24. The predicted octanol–water partition coefficient (Wildman–Crippen LogP) is 4.08. The third kappa shape index (κ3) is 2.89. The lowest BCUT2D eigenvalue weighted by Crippen LogP contribution is -2.13. The monoisotopic (exact) mass is 317 g/mol. The zero-order valence-electron chi connectivity index (χ0n) is 8.79. The molecule has 0 spiro atoms. The molecule has 0 saturated carbocycles. The van der Waals surface area contributed by atoms with Gasteiger partial charge in [0.25, 0.3) is 0 Å². The van der Waals surface area contributed by atoms with E-state index in [1.54, 1.807) is 12.3 Å². The predicted molar refractivity (Wildman–Crippen MR) is 68.5 cm³/mol. The van der Waals surface area contributed by atoms with Crippen molar-refractivity contribution in [1.82, 2.24) is 0 Å². The second kappa shape index (κ2) is 5.21. The van der Waals surface area contributed by atoms with Crippen LogP contribution in [0, 0.1) is 5.82 Å². The van der Waals surface area contributed by atoms with E-state index in [0.29, 0.717) is 21.7 Å². The summed E-state index contributed by atoms with van der Waals surface area (Å²) < 4.78 is 18.8. The molecule has 2 N–H and O–H groups in total. The van der Waals surface area contributed by atoms with Crippen molar-refractivity contribution in [3.63, 3.8) is 0 Å². The first kappa shape index (κ1) is 12.6. The van der Waals surface area contributed by atoms with Crippen LogP contribution in [0.5, 0.6) is 0 Å². The van der Waals surface area contributed by atoms with Gasteiger partial charge in [-0.15, -0.1) is 0 Å². The van der Waals surface area contributed by atoms with E-state index in [0.717, 1.165) is 5.56 Å². The summed E-state index contributed by atoms with van der Waals surface area (Å²) in [4.78, 5) is 0. The van der Waals surface area contributed by atoms with Crippen molar-refractivity contribution in [2.75, 3.05) is 0 Å². The van der Waals surface area contributed by atoms with Crippen LogP contribution >= 0.6 is 27.5 Å². The number of hydrogen-bond acceptors (Lipinski definition) is 2. The molecule has 1 unspecified atom stereocenters. The standard InChI is InChI=1S/C12H10BrClFNO/c13-12-9(3-4-17-12)11(16)6-7-5-8(15)1-2-10(7)14/h1-5,11H,6,16H2. The van der Waals surface area contributed by atoms with Crippen LogP contribution in [-0.4, -0.2) is 0 Å². The van der Waals surface area contributed by atoms with Crippen molar-refractivity contribution in [2.45, 2.75) is 12.5 Å². The molecule has 1 atom stereocenters. The smallest absolute Gasteiger partial charge is 0.173 e. The topological polar surface area (TPSA) is 39.2 Å². The Bertz CT molecular complexity index is 529. The van der Waals surface area contributed by atoms with Gasteiger partial charge in [-0.3, -0.25) is 0 Å². The Labute approximate surface area is 112 Å². The minimum atomic E-state index is -0.317. The molecule has 5 heteroatoms. The number of benzene rings is 1. The van der Waals surface area contributed by atoms with Gasteiger partial charge in [0.15, 0.2) is 4.67 Å². The van der Waals surface area contributed by atoms with E-state index in [4.69, 9.17) is 21.8 Å². The first-order valence-corrected chi connectivity index (χ1v) is 6.17. The summed E-state index contributed by atoms with van der Waals surface area (Å²) in [6.45, 7) is 0. The van der Waals surface area contributed by atoms with Gasteiger partial charge in [0.05, 0.1) is 6.26 Å². The van der Waals surface area contributed by atoms with Crippen LogP contribution in [0.4, 0.5) is 4.39 Å². The molecular formula is C12H10BrClFNO. The molecule has 0 aliphatic heterocycles. The zero-order chi connectivity index (χ0) is 12.4. The maximum Gasteiger partial charge on any atom is 0.173 e. The summed E-state index contributed by atoms with van der Waals surface area (Å²) in [6, 6.07) is 5.74. The molecule has 0 aliphatic rings. The van der Waals surface area contributed by atoms with Crippen LogP contribution < -0.4 is 5.73 Å². The van der Waals surface area contributed by atoms with Gasteiger partial charge in [-0.25, -0.2) is 4.39 Å². The second-order valence-electron chi connectivity index (χ2n) is 3.70. The number of furan rings is 1. The molecule has 1 aromatic heterocycles. The van der Waals surface area contributed by atoms with E-state index in [1.807, 2.05) is 0 Å². The summed E-state index contributed by atoms with van der Waals surface area (Å²) in [7, 11) is 0. The van der Waals surface area contributed by atoms with E-state index < -0.39 is 0 Å². The maximum atomic E-state index is 13.1. The highest BCUT2D eigenvalue weighted by molar-refractivity contribution is 9.10. The molecule has 0 radical (unpaired) electrons. The molecule has 1 aromatic carbocycles. The fraction of sp³-hybridized carbons (Fsp3) is 0.167. The number of rotatable bonds is 3. The Hall–Kier alpha value is -0.840. The second-order valence-corrected chi connectivity index (χ2v) is 4.82. The summed E-state index contributed by atoms with van der Waals surface area (Å²) in [5.74, 6) is -0.317. The van der Waals surface area contributed by atoms with E-state index in [1.165, 1.54) is 18.2 Å². The first-order valence-electron chi connectivity index (χ1n) is 5.00. The van der Waals surface area contributed by atoms with Crippen LogP contribution in [0.2, 0.25) is 5.02 Å². The van der Waals surface area contributed by atoms with Gasteiger partial charge in [-0.05, 0) is 52.2 Å². The summed E-state index contributed by atoms with van der Waals surface area (Å²) in [6.07, 6.45) is 2.00. The van der Waals surface area contributed by atoms with Gasteiger partial charge in [0.1, 0.15) is 5.82 Å². The Kier molecular flexibility index (Phi) is 3.86. The Balaban J connectivity index is 2.21. The average Bonchev–Trinajstić information content (AvgIpc) is 2.70. The Morgan fingerprint density at radius 2 is 2.18 bits per heavy atom. The number of hydrogen-bond donors (Lipinski definition) is 1. The van der Waals surface area contributed by atoms with Crippen molar-refractivity contribution in [3.05, 3.63) is 57.2 Å². The SMILES string of the molecule is NC(Cc1cc(F)ccc1Cl)c1ccoc1Br. The molecule has 0 saturated heterocycles. The lowest BCUT2D eigenvalue weighted by Gasteiger charge is -2.11. The molecule has 2 aromatic rings. The highest BCUT2D eigenvalue weighted by Crippen LogP contribution is 2.28. The van der Waals surface area contributed by atoms with Crippen molar-refractivity contribution < 1.29 is 8.81 Å². The molecule has 0 aliphatic carbocycles. The van der Waals surface area contributed by atoms with Gasteiger partial charge < -0.3 is 10.2 Å². The minimum Gasteiger partial charge on any atom is -0.457 e. The van der Waals surface area contributed by atoms with Crippen molar-refractivity contribution in [3.8, 4) is 0 Å². The van der Waals surface area contributed by atoms with E-state index in [9.17, 15) is 4.39 Å². The van der Waals surface area contributed by atoms with Gasteiger partial charge >= 0.3 is 0 Å². The molecule has 90 valence electrons. The molecule has 0 fully saturated rings. The number of halogens is 3. The average molecular weight is 319 g/mol. The van der Waals surface area contributed by atoms with E-state index in [-0.39, 0.29) is 11.9 Å². The largest absolute Gasteiger partial charge is 0.457 e. The van der Waals surface area contributed by atoms with Gasteiger partial charge in [-0.2, -0.15) is 0 Å². The molecule has 1 heterocycles. The molecule has 0 amide bonds. The van der Waals surface area contributed by atoms with Crippen LogP contribution in [0.15, 0.2) is 39.6 Å². The van der Waals surface area contributed by atoms with Gasteiger partial charge in [-0.1, -0.05) is 11.6 Å². The minimum absolute atomic E-state index is 0.289. The maximum absolute atomic E-state index is 13.1. The van der Waals surface area contributed by atoms with Crippen LogP contribution in [0.3, 0.4) is 0 Å². The van der Waals surface area contributed by atoms with E-state index in [2.05, 4.69) is 15.9 Å². The van der Waals surface area contributed by atoms with Crippen molar-refractivity contribution >= 4 is 27.5 Å². The molecule has 17 heavy (non-hydrogen) atoms. The van der Waals surface area contributed by atoms with E-state index >= 15 is 0 Å². The van der Waals surface area contributed by atoms with Crippen molar-refractivity contribution in [1.29, 1.82) is 0 Å². The third-order valence-electron chi connectivity index (χ3n) is 2.49. The quantitative estimate of drug-likeness (QED) is 0.926. The summed E-state index contributed by atoms with van der Waals surface area (Å²) in [5, 5.41) is 0.515. The number of nitrogens with two attached hydrogens (primary N) is 1. The lowest BCUT2D eigenvalue weighted by atomic mass is 10.0. The van der Waals surface area contributed by atoms with Crippen LogP contribution in [0.1, 0.15) is 17.2 Å².